The van der Waals surface area contributed by atoms with Gasteiger partial charge >= 0.3 is 0 Å². The second kappa shape index (κ2) is 4.94. The van der Waals surface area contributed by atoms with E-state index in [0.717, 1.165) is 25.7 Å². The Morgan fingerprint density at radius 2 is 1.62 bits per heavy atom. The predicted octanol–water partition coefficient (Wildman–Crippen LogP) is 1.69. The standard InChI is InChI=1S/C10H20O3/c1-3-12-10(13-4-2)7-5-9(11)6-8-10/h9,11H,3-8H2,1-2H3. The third kappa shape index (κ3) is 2.93. The van der Waals surface area contributed by atoms with Crippen LogP contribution in [-0.2, 0) is 9.47 Å². The van der Waals surface area contributed by atoms with Gasteiger partial charge in [0.1, 0.15) is 0 Å². The van der Waals surface area contributed by atoms with Crippen molar-refractivity contribution in [3.63, 3.8) is 0 Å². The van der Waals surface area contributed by atoms with Gasteiger partial charge in [-0.1, -0.05) is 0 Å². The maximum absolute atomic E-state index is 9.37. The molecule has 1 N–H and O–H groups in total. The molecular formula is C10H20O3. The summed E-state index contributed by atoms with van der Waals surface area (Å²) in [6, 6.07) is 0. The summed E-state index contributed by atoms with van der Waals surface area (Å²) in [5, 5.41) is 9.37. The number of aliphatic hydroxyl groups is 1. The Bertz CT molecular complexity index is 131. The molecule has 0 aliphatic heterocycles. The molecule has 1 saturated carbocycles. The van der Waals surface area contributed by atoms with Gasteiger partial charge in [-0.3, -0.25) is 0 Å². The van der Waals surface area contributed by atoms with Crippen LogP contribution in [0.4, 0.5) is 0 Å². The highest BCUT2D eigenvalue weighted by Gasteiger charge is 2.35. The zero-order valence-electron chi connectivity index (χ0n) is 8.58. The van der Waals surface area contributed by atoms with E-state index in [9.17, 15) is 5.11 Å². The van der Waals surface area contributed by atoms with Gasteiger partial charge in [-0.25, -0.2) is 0 Å². The molecule has 78 valence electrons. The van der Waals surface area contributed by atoms with Crippen molar-refractivity contribution >= 4 is 0 Å². The molecule has 0 aromatic heterocycles. The van der Waals surface area contributed by atoms with E-state index in [2.05, 4.69) is 0 Å². The first-order chi connectivity index (χ1) is 6.22. The van der Waals surface area contributed by atoms with Crippen LogP contribution < -0.4 is 0 Å². The van der Waals surface area contributed by atoms with Crippen LogP contribution in [0.3, 0.4) is 0 Å². The van der Waals surface area contributed by atoms with Crippen molar-refractivity contribution in [3.8, 4) is 0 Å². The first-order valence-electron chi connectivity index (χ1n) is 5.18. The van der Waals surface area contributed by atoms with E-state index in [1.165, 1.54) is 0 Å². The van der Waals surface area contributed by atoms with Gasteiger partial charge in [-0.15, -0.1) is 0 Å². The van der Waals surface area contributed by atoms with E-state index in [-0.39, 0.29) is 6.10 Å². The molecular weight excluding hydrogens is 168 g/mol. The summed E-state index contributed by atoms with van der Waals surface area (Å²) in [6.07, 6.45) is 3.06. The zero-order chi connectivity index (χ0) is 9.73. The summed E-state index contributed by atoms with van der Waals surface area (Å²) in [4.78, 5) is 0. The maximum atomic E-state index is 9.37. The van der Waals surface area contributed by atoms with E-state index in [1.54, 1.807) is 0 Å². The molecule has 3 heteroatoms. The van der Waals surface area contributed by atoms with Crippen molar-refractivity contribution in [3.05, 3.63) is 0 Å². The van der Waals surface area contributed by atoms with Crippen LogP contribution in [0.1, 0.15) is 39.5 Å². The van der Waals surface area contributed by atoms with Crippen LogP contribution in [-0.4, -0.2) is 30.2 Å². The Morgan fingerprint density at radius 1 is 1.15 bits per heavy atom. The molecule has 0 aromatic rings. The number of aliphatic hydroxyl groups excluding tert-OH is 1. The fourth-order valence-corrected chi connectivity index (χ4v) is 1.90. The van der Waals surface area contributed by atoms with Crippen molar-refractivity contribution in [2.45, 2.75) is 51.4 Å². The van der Waals surface area contributed by atoms with Gasteiger partial charge in [0.25, 0.3) is 0 Å². The normalized spacial score (nSPS) is 23.3. The van der Waals surface area contributed by atoms with E-state index < -0.39 is 5.79 Å². The first-order valence-corrected chi connectivity index (χ1v) is 5.18. The lowest BCUT2D eigenvalue weighted by Gasteiger charge is -2.38. The lowest BCUT2D eigenvalue weighted by atomic mass is 9.92. The highest BCUT2D eigenvalue weighted by molar-refractivity contribution is 4.79. The van der Waals surface area contributed by atoms with Gasteiger partial charge in [0.15, 0.2) is 5.79 Å². The van der Waals surface area contributed by atoms with Crippen LogP contribution in [0.5, 0.6) is 0 Å². The molecule has 0 radical (unpaired) electrons. The summed E-state index contributed by atoms with van der Waals surface area (Å²) < 4.78 is 11.3. The number of hydrogen-bond acceptors (Lipinski definition) is 3. The Morgan fingerprint density at radius 3 is 2.00 bits per heavy atom. The fourth-order valence-electron chi connectivity index (χ4n) is 1.90. The van der Waals surface area contributed by atoms with Gasteiger partial charge in [-0.05, 0) is 26.7 Å². The van der Waals surface area contributed by atoms with Crippen molar-refractivity contribution < 1.29 is 14.6 Å². The molecule has 1 rings (SSSR count). The Kier molecular flexibility index (Phi) is 4.16. The Hall–Kier alpha value is -0.120. The van der Waals surface area contributed by atoms with Crippen LogP contribution >= 0.6 is 0 Å². The molecule has 0 atom stereocenters. The molecule has 0 unspecified atom stereocenters. The molecule has 0 spiro atoms. The second-order valence-corrected chi connectivity index (χ2v) is 3.51. The van der Waals surface area contributed by atoms with Gasteiger partial charge in [0.2, 0.25) is 0 Å². The van der Waals surface area contributed by atoms with E-state index >= 15 is 0 Å². The van der Waals surface area contributed by atoms with Gasteiger partial charge in [0.05, 0.1) is 6.10 Å². The minimum Gasteiger partial charge on any atom is -0.393 e. The Labute approximate surface area is 80.0 Å². The molecule has 0 aromatic carbocycles. The molecule has 0 bridgehead atoms. The summed E-state index contributed by atoms with van der Waals surface area (Å²) in [7, 11) is 0. The monoisotopic (exact) mass is 188 g/mol. The number of rotatable bonds is 4. The highest BCUT2D eigenvalue weighted by Crippen LogP contribution is 2.32. The first kappa shape index (κ1) is 11.0. The highest BCUT2D eigenvalue weighted by atomic mass is 16.7. The van der Waals surface area contributed by atoms with Crippen molar-refractivity contribution in [1.29, 1.82) is 0 Å². The van der Waals surface area contributed by atoms with Crippen LogP contribution in [0, 0.1) is 0 Å². The predicted molar refractivity (Wildman–Crippen MR) is 50.5 cm³/mol. The number of ether oxygens (including phenoxy) is 2. The smallest absolute Gasteiger partial charge is 0.168 e. The largest absolute Gasteiger partial charge is 0.393 e. The molecule has 1 aliphatic rings. The maximum Gasteiger partial charge on any atom is 0.168 e. The van der Waals surface area contributed by atoms with Gasteiger partial charge < -0.3 is 14.6 Å². The molecule has 1 fully saturated rings. The molecule has 0 amide bonds. The van der Waals surface area contributed by atoms with E-state index in [1.807, 2.05) is 13.8 Å². The van der Waals surface area contributed by atoms with Gasteiger partial charge in [-0.2, -0.15) is 0 Å². The van der Waals surface area contributed by atoms with Gasteiger partial charge in [0, 0.05) is 26.1 Å². The van der Waals surface area contributed by atoms with Crippen molar-refractivity contribution in [1.82, 2.24) is 0 Å². The Balaban J connectivity index is 2.47. The topological polar surface area (TPSA) is 38.7 Å². The average Bonchev–Trinajstić information content (AvgIpc) is 2.11. The lowest BCUT2D eigenvalue weighted by molar-refractivity contribution is -0.254. The summed E-state index contributed by atoms with van der Waals surface area (Å²) >= 11 is 0. The van der Waals surface area contributed by atoms with Crippen molar-refractivity contribution in [2.75, 3.05) is 13.2 Å². The van der Waals surface area contributed by atoms with E-state index in [0.29, 0.717) is 13.2 Å². The molecule has 0 heterocycles. The molecule has 13 heavy (non-hydrogen) atoms. The molecule has 1 aliphatic carbocycles. The SMILES string of the molecule is CCOC1(OCC)CCC(O)CC1. The molecule has 3 nitrogen and oxygen atoms in total. The third-order valence-corrected chi connectivity index (χ3v) is 2.53. The second-order valence-electron chi connectivity index (χ2n) is 3.51. The average molecular weight is 188 g/mol. The zero-order valence-corrected chi connectivity index (χ0v) is 8.58. The number of hydrogen-bond donors (Lipinski definition) is 1. The minimum atomic E-state index is -0.400. The van der Waals surface area contributed by atoms with Crippen LogP contribution in [0.25, 0.3) is 0 Å². The third-order valence-electron chi connectivity index (χ3n) is 2.53. The quantitative estimate of drug-likeness (QED) is 0.682. The van der Waals surface area contributed by atoms with Crippen LogP contribution in [0.15, 0.2) is 0 Å². The summed E-state index contributed by atoms with van der Waals surface area (Å²) in [5.74, 6) is -0.400. The van der Waals surface area contributed by atoms with Crippen molar-refractivity contribution in [2.24, 2.45) is 0 Å². The van der Waals surface area contributed by atoms with Crippen LogP contribution in [0.2, 0.25) is 0 Å². The summed E-state index contributed by atoms with van der Waals surface area (Å²) in [5.41, 5.74) is 0. The minimum absolute atomic E-state index is 0.158. The summed E-state index contributed by atoms with van der Waals surface area (Å²) in [6.45, 7) is 5.31. The van der Waals surface area contributed by atoms with E-state index in [4.69, 9.17) is 9.47 Å². The lowest BCUT2D eigenvalue weighted by Crippen LogP contribution is -2.41. The fraction of sp³-hybridized carbons (Fsp3) is 1.00. The molecule has 0 saturated heterocycles.